The second-order valence-electron chi connectivity index (χ2n) is 6.93. The van der Waals surface area contributed by atoms with E-state index in [0.29, 0.717) is 6.54 Å². The molecule has 0 bridgehead atoms. The topological polar surface area (TPSA) is 61.8 Å². The highest BCUT2D eigenvalue weighted by Gasteiger charge is 2.39. The molecule has 2 atom stereocenters. The molecule has 0 radical (unpaired) electrons. The number of nitrogens with zero attached hydrogens (tertiary/aromatic N) is 1. The van der Waals surface area contributed by atoms with Crippen LogP contribution in [0.2, 0.25) is 0 Å². The smallest absolute Gasteiger partial charge is 0.249 e. The SMILES string of the molecule is CCC(C)C(O)C(=O)NCC1(N2CCCCC2)CCOCC1. The summed E-state index contributed by atoms with van der Waals surface area (Å²) in [5, 5.41) is 13.1. The minimum absolute atomic E-state index is 0.000579. The number of aliphatic hydroxyl groups excluding tert-OH is 1. The molecule has 2 rings (SSSR count). The molecule has 128 valence electrons. The van der Waals surface area contributed by atoms with Crippen LogP contribution in [0.5, 0.6) is 0 Å². The molecule has 5 nitrogen and oxygen atoms in total. The first-order valence-corrected chi connectivity index (χ1v) is 8.87. The van der Waals surface area contributed by atoms with Gasteiger partial charge < -0.3 is 15.2 Å². The van der Waals surface area contributed by atoms with E-state index >= 15 is 0 Å². The average molecular weight is 312 g/mol. The lowest BCUT2D eigenvalue weighted by Crippen LogP contribution is -2.60. The third kappa shape index (κ3) is 4.21. The summed E-state index contributed by atoms with van der Waals surface area (Å²) in [5.41, 5.74) is 0.0174. The maximum Gasteiger partial charge on any atom is 0.249 e. The maximum atomic E-state index is 12.2. The lowest BCUT2D eigenvalue weighted by atomic mass is 9.86. The van der Waals surface area contributed by atoms with Crippen molar-refractivity contribution < 1.29 is 14.6 Å². The molecule has 0 spiro atoms. The summed E-state index contributed by atoms with van der Waals surface area (Å²) < 4.78 is 5.54. The first-order chi connectivity index (χ1) is 10.6. The van der Waals surface area contributed by atoms with Gasteiger partial charge in [-0.1, -0.05) is 26.7 Å². The van der Waals surface area contributed by atoms with Crippen LogP contribution in [0.4, 0.5) is 0 Å². The molecule has 0 aromatic carbocycles. The van der Waals surface area contributed by atoms with Gasteiger partial charge in [-0.15, -0.1) is 0 Å². The summed E-state index contributed by atoms with van der Waals surface area (Å²) >= 11 is 0. The first-order valence-electron chi connectivity index (χ1n) is 8.87. The standard InChI is InChI=1S/C17H32N2O3/c1-3-14(2)15(20)16(21)18-13-17(7-11-22-12-8-17)19-9-5-4-6-10-19/h14-15,20H,3-13H2,1-2H3,(H,18,21). The van der Waals surface area contributed by atoms with Crippen molar-refractivity contribution >= 4 is 5.91 Å². The van der Waals surface area contributed by atoms with Gasteiger partial charge in [0.25, 0.3) is 0 Å². The molecule has 5 heteroatoms. The molecule has 0 aromatic rings. The molecule has 2 heterocycles. The Labute approximate surface area is 134 Å². The summed E-state index contributed by atoms with van der Waals surface area (Å²) in [7, 11) is 0. The highest BCUT2D eigenvalue weighted by molar-refractivity contribution is 5.80. The van der Waals surface area contributed by atoms with E-state index in [0.717, 1.165) is 45.6 Å². The zero-order chi connectivity index (χ0) is 16.0. The van der Waals surface area contributed by atoms with Crippen LogP contribution in [0, 0.1) is 5.92 Å². The average Bonchev–Trinajstić information content (AvgIpc) is 2.59. The highest BCUT2D eigenvalue weighted by atomic mass is 16.5. The summed E-state index contributed by atoms with van der Waals surface area (Å²) in [6.45, 7) is 8.30. The fourth-order valence-corrected chi connectivity index (χ4v) is 3.56. The number of aliphatic hydroxyl groups is 1. The molecule has 2 N–H and O–H groups in total. The highest BCUT2D eigenvalue weighted by Crippen LogP contribution is 2.30. The zero-order valence-electron chi connectivity index (χ0n) is 14.1. The summed E-state index contributed by atoms with van der Waals surface area (Å²) in [6, 6.07) is 0. The number of hydrogen-bond donors (Lipinski definition) is 2. The van der Waals surface area contributed by atoms with E-state index in [4.69, 9.17) is 4.74 Å². The Morgan fingerprint density at radius 1 is 1.27 bits per heavy atom. The van der Waals surface area contributed by atoms with Crippen molar-refractivity contribution in [2.45, 2.75) is 64.0 Å². The van der Waals surface area contributed by atoms with Crippen molar-refractivity contribution in [2.24, 2.45) is 5.92 Å². The van der Waals surface area contributed by atoms with Gasteiger partial charge in [0.2, 0.25) is 5.91 Å². The van der Waals surface area contributed by atoms with Gasteiger partial charge in [-0.2, -0.15) is 0 Å². The number of hydrogen-bond acceptors (Lipinski definition) is 4. The second-order valence-corrected chi connectivity index (χ2v) is 6.93. The Morgan fingerprint density at radius 3 is 2.50 bits per heavy atom. The molecule has 0 saturated carbocycles. The third-order valence-electron chi connectivity index (χ3n) is 5.49. The number of carbonyl (C=O) groups is 1. The monoisotopic (exact) mass is 312 g/mol. The molecule has 0 aliphatic carbocycles. The molecular weight excluding hydrogens is 280 g/mol. The molecule has 0 aromatic heterocycles. The van der Waals surface area contributed by atoms with Crippen LogP contribution in [0.25, 0.3) is 0 Å². The largest absolute Gasteiger partial charge is 0.383 e. The van der Waals surface area contributed by atoms with E-state index < -0.39 is 6.10 Å². The van der Waals surface area contributed by atoms with Gasteiger partial charge in [0.1, 0.15) is 6.10 Å². The number of amides is 1. The zero-order valence-corrected chi connectivity index (χ0v) is 14.1. The van der Waals surface area contributed by atoms with Crippen molar-refractivity contribution in [2.75, 3.05) is 32.8 Å². The van der Waals surface area contributed by atoms with E-state index in [1.165, 1.54) is 19.3 Å². The van der Waals surface area contributed by atoms with Crippen LogP contribution in [-0.4, -0.2) is 60.4 Å². The minimum Gasteiger partial charge on any atom is -0.383 e. The molecule has 2 aliphatic heterocycles. The number of nitrogens with one attached hydrogen (secondary N) is 1. The van der Waals surface area contributed by atoms with Crippen LogP contribution in [0.3, 0.4) is 0 Å². The molecular formula is C17H32N2O3. The quantitative estimate of drug-likeness (QED) is 0.781. The fourth-order valence-electron chi connectivity index (χ4n) is 3.56. The molecule has 2 fully saturated rings. The summed E-state index contributed by atoms with van der Waals surface area (Å²) in [5.74, 6) is -0.224. The Balaban J connectivity index is 1.96. The van der Waals surface area contributed by atoms with Gasteiger partial charge in [-0.25, -0.2) is 0 Å². The van der Waals surface area contributed by atoms with Crippen LogP contribution in [0.15, 0.2) is 0 Å². The van der Waals surface area contributed by atoms with Crippen molar-refractivity contribution in [1.29, 1.82) is 0 Å². The predicted octanol–water partition coefficient (Wildman–Crippen LogP) is 1.54. The molecule has 2 unspecified atom stereocenters. The van der Waals surface area contributed by atoms with Crippen molar-refractivity contribution in [3.8, 4) is 0 Å². The van der Waals surface area contributed by atoms with E-state index in [1.54, 1.807) is 0 Å². The van der Waals surface area contributed by atoms with E-state index in [9.17, 15) is 9.90 Å². The van der Waals surface area contributed by atoms with Crippen molar-refractivity contribution in [3.63, 3.8) is 0 Å². The normalized spacial score (nSPS) is 25.4. The Kier molecular flexibility index (Phi) is 6.66. The van der Waals surface area contributed by atoms with Crippen LogP contribution in [-0.2, 0) is 9.53 Å². The fraction of sp³-hybridized carbons (Fsp3) is 0.941. The Hall–Kier alpha value is -0.650. The van der Waals surface area contributed by atoms with Crippen LogP contribution < -0.4 is 5.32 Å². The van der Waals surface area contributed by atoms with Gasteiger partial charge >= 0.3 is 0 Å². The van der Waals surface area contributed by atoms with Crippen molar-refractivity contribution in [3.05, 3.63) is 0 Å². The summed E-state index contributed by atoms with van der Waals surface area (Å²) in [4.78, 5) is 14.8. The van der Waals surface area contributed by atoms with Crippen LogP contribution >= 0.6 is 0 Å². The molecule has 2 aliphatic rings. The lowest BCUT2D eigenvalue weighted by molar-refractivity contribution is -0.133. The maximum absolute atomic E-state index is 12.2. The number of rotatable bonds is 6. The number of likely N-dealkylation sites (tertiary alicyclic amines) is 1. The number of piperidine rings is 1. The van der Waals surface area contributed by atoms with Crippen molar-refractivity contribution in [1.82, 2.24) is 10.2 Å². The molecule has 1 amide bonds. The van der Waals surface area contributed by atoms with Gasteiger partial charge in [-0.3, -0.25) is 9.69 Å². The van der Waals surface area contributed by atoms with E-state index in [2.05, 4.69) is 10.2 Å². The Bertz CT molecular complexity index is 350. The summed E-state index contributed by atoms with van der Waals surface area (Å²) in [6.07, 6.45) is 5.63. The second kappa shape index (κ2) is 8.27. The number of ether oxygens (including phenoxy) is 1. The van der Waals surface area contributed by atoms with Gasteiger partial charge in [0.05, 0.1) is 0 Å². The van der Waals surface area contributed by atoms with Gasteiger partial charge in [0, 0.05) is 25.3 Å². The minimum atomic E-state index is -0.900. The molecule has 2 saturated heterocycles. The van der Waals surface area contributed by atoms with Crippen LogP contribution in [0.1, 0.15) is 52.4 Å². The lowest BCUT2D eigenvalue weighted by Gasteiger charge is -2.48. The van der Waals surface area contributed by atoms with Gasteiger partial charge in [-0.05, 0) is 44.7 Å². The predicted molar refractivity (Wildman–Crippen MR) is 86.7 cm³/mol. The first kappa shape index (κ1) is 17.7. The number of carbonyl (C=O) groups excluding carboxylic acids is 1. The third-order valence-corrected chi connectivity index (χ3v) is 5.49. The van der Waals surface area contributed by atoms with E-state index in [-0.39, 0.29) is 17.4 Å². The van der Waals surface area contributed by atoms with E-state index in [1.807, 2.05) is 13.8 Å². The van der Waals surface area contributed by atoms with Gasteiger partial charge in [0.15, 0.2) is 0 Å². The molecule has 22 heavy (non-hydrogen) atoms. The Morgan fingerprint density at radius 2 is 1.91 bits per heavy atom.